The quantitative estimate of drug-likeness (QED) is 0.616. The zero-order chi connectivity index (χ0) is 24.1. The highest BCUT2D eigenvalue weighted by Crippen LogP contribution is 2.49. The Hall–Kier alpha value is -2.18. The second-order valence-electron chi connectivity index (χ2n) is 10.9. The average Bonchev–Trinajstić information content (AvgIpc) is 3.61. The number of sulfone groups is 1. The summed E-state index contributed by atoms with van der Waals surface area (Å²) in [5.41, 5.74) is 3.50. The molecule has 2 bridgehead atoms. The number of hydrogen-bond acceptors (Lipinski definition) is 4. The number of amides is 1. The van der Waals surface area contributed by atoms with Crippen LogP contribution in [0.3, 0.4) is 0 Å². The van der Waals surface area contributed by atoms with Crippen molar-refractivity contribution in [3.63, 3.8) is 0 Å². The zero-order valence-electron chi connectivity index (χ0n) is 20.5. The van der Waals surface area contributed by atoms with Crippen LogP contribution in [0.15, 0.2) is 47.4 Å². The van der Waals surface area contributed by atoms with Gasteiger partial charge >= 0.3 is 0 Å². The molecule has 0 aromatic heterocycles. The third-order valence-electron chi connectivity index (χ3n) is 8.51. The van der Waals surface area contributed by atoms with Crippen LogP contribution in [-0.2, 0) is 9.84 Å². The van der Waals surface area contributed by atoms with E-state index in [4.69, 9.17) is 0 Å². The first-order valence-corrected chi connectivity index (χ1v) is 14.3. The van der Waals surface area contributed by atoms with E-state index in [0.717, 1.165) is 60.4 Å². The number of aryl methyl sites for hydroxylation is 2. The minimum atomic E-state index is -3.26. The standard InChI is InChI=1S/C28H36N2O3S/c1-19-5-4-6-20(2)25(19)27(31)29-26(28-15-13-21(14-16-28)17-30(28)3)23-9-11-24(12-10-23)34(32,33)18-22-7-8-22/h4-6,9-12,21-22,26H,7-8,13-18H2,1-3H3,(H,29,31)/t21?,26-,28?/m1/s1. The van der Waals surface area contributed by atoms with Gasteiger partial charge in [0.15, 0.2) is 9.84 Å². The van der Waals surface area contributed by atoms with E-state index >= 15 is 0 Å². The Bertz CT molecular complexity index is 1160. The van der Waals surface area contributed by atoms with Gasteiger partial charge in [0.05, 0.1) is 16.7 Å². The highest BCUT2D eigenvalue weighted by atomic mass is 32.2. The summed E-state index contributed by atoms with van der Waals surface area (Å²) in [6, 6.07) is 13.1. The first-order valence-electron chi connectivity index (χ1n) is 12.6. The molecule has 2 aliphatic heterocycles. The van der Waals surface area contributed by atoms with Crippen molar-refractivity contribution < 1.29 is 13.2 Å². The van der Waals surface area contributed by atoms with E-state index in [-0.39, 0.29) is 23.2 Å². The summed E-state index contributed by atoms with van der Waals surface area (Å²) in [6.45, 7) is 5.00. The zero-order valence-corrected chi connectivity index (χ0v) is 21.3. The number of nitrogens with zero attached hydrogens (tertiary/aromatic N) is 1. The molecular formula is C28H36N2O3S. The lowest BCUT2D eigenvalue weighted by Gasteiger charge is -2.57. The van der Waals surface area contributed by atoms with Crippen LogP contribution < -0.4 is 5.32 Å². The van der Waals surface area contributed by atoms with Crippen molar-refractivity contribution >= 4 is 15.7 Å². The van der Waals surface area contributed by atoms with Crippen molar-refractivity contribution in [1.82, 2.24) is 10.2 Å². The van der Waals surface area contributed by atoms with Crippen molar-refractivity contribution in [2.75, 3.05) is 19.3 Å². The fourth-order valence-electron chi connectivity index (χ4n) is 6.28. The molecule has 0 radical (unpaired) electrons. The van der Waals surface area contributed by atoms with Crippen LogP contribution in [0.4, 0.5) is 0 Å². The van der Waals surface area contributed by atoms with Gasteiger partial charge in [0.1, 0.15) is 0 Å². The van der Waals surface area contributed by atoms with Gasteiger partial charge in [-0.2, -0.15) is 0 Å². The van der Waals surface area contributed by atoms with Gasteiger partial charge in [0, 0.05) is 17.6 Å². The Morgan fingerprint density at radius 1 is 1.03 bits per heavy atom. The number of piperidine rings is 2. The molecule has 6 rings (SSSR count). The SMILES string of the molecule is Cc1cccc(C)c1C(=O)N[C@H](c1ccc(S(=O)(=O)CC2CC2)cc1)C12CCC(CC1)CN2C. The lowest BCUT2D eigenvalue weighted by molar-refractivity contribution is -0.0404. The summed E-state index contributed by atoms with van der Waals surface area (Å²) >= 11 is 0. The average molecular weight is 481 g/mol. The number of carbonyl (C=O) groups excluding carboxylic acids is 1. The molecule has 2 saturated heterocycles. The van der Waals surface area contributed by atoms with E-state index in [9.17, 15) is 13.2 Å². The number of rotatable bonds is 7. The Morgan fingerprint density at radius 3 is 2.21 bits per heavy atom. The smallest absolute Gasteiger partial charge is 0.252 e. The van der Waals surface area contributed by atoms with Crippen LogP contribution in [0.2, 0.25) is 0 Å². The predicted octanol–water partition coefficient (Wildman–Crippen LogP) is 4.83. The predicted molar refractivity (Wildman–Crippen MR) is 135 cm³/mol. The fraction of sp³-hybridized carbons (Fsp3) is 0.536. The molecule has 0 unspecified atom stereocenters. The number of hydrogen-bond donors (Lipinski definition) is 1. The van der Waals surface area contributed by atoms with Crippen molar-refractivity contribution in [1.29, 1.82) is 0 Å². The summed E-state index contributed by atoms with van der Waals surface area (Å²) in [5, 5.41) is 3.42. The van der Waals surface area contributed by atoms with Crippen LogP contribution in [0.25, 0.3) is 0 Å². The Kier molecular flexibility index (Phi) is 6.09. The van der Waals surface area contributed by atoms with E-state index in [0.29, 0.717) is 10.8 Å². The Morgan fingerprint density at radius 2 is 1.65 bits per heavy atom. The molecule has 6 heteroatoms. The van der Waals surface area contributed by atoms with E-state index in [1.165, 1.54) is 12.8 Å². The molecule has 4 fully saturated rings. The van der Waals surface area contributed by atoms with Crippen LogP contribution in [0.5, 0.6) is 0 Å². The van der Waals surface area contributed by atoms with Gasteiger partial charge in [-0.15, -0.1) is 0 Å². The van der Waals surface area contributed by atoms with Crippen LogP contribution in [-0.4, -0.2) is 44.1 Å². The van der Waals surface area contributed by atoms with Crippen molar-refractivity contribution in [3.05, 3.63) is 64.7 Å². The summed E-state index contributed by atoms with van der Waals surface area (Å²) in [7, 11) is -1.08. The highest BCUT2D eigenvalue weighted by molar-refractivity contribution is 7.91. The van der Waals surface area contributed by atoms with Gasteiger partial charge in [0.25, 0.3) is 5.91 Å². The molecular weight excluding hydrogens is 444 g/mol. The maximum Gasteiger partial charge on any atom is 0.252 e. The second-order valence-corrected chi connectivity index (χ2v) is 12.9. The third kappa shape index (κ3) is 4.31. The lowest BCUT2D eigenvalue weighted by atomic mass is 9.65. The van der Waals surface area contributed by atoms with Crippen molar-refractivity contribution in [2.45, 2.75) is 68.8 Å². The fourth-order valence-corrected chi connectivity index (χ4v) is 7.98. The van der Waals surface area contributed by atoms with Crippen LogP contribution >= 0.6 is 0 Å². The molecule has 2 aromatic rings. The number of carbonyl (C=O) groups is 1. The maximum absolute atomic E-state index is 13.6. The molecule has 5 nitrogen and oxygen atoms in total. The topological polar surface area (TPSA) is 66.5 Å². The van der Waals surface area contributed by atoms with Crippen molar-refractivity contribution in [2.24, 2.45) is 11.8 Å². The van der Waals surface area contributed by atoms with Gasteiger partial charge < -0.3 is 5.32 Å². The number of fused-ring (bicyclic) bond motifs is 3. The molecule has 1 atom stereocenters. The minimum absolute atomic E-state index is 0.0542. The number of likely N-dealkylation sites (N-methyl/N-ethyl adjacent to an activating group) is 1. The van der Waals surface area contributed by atoms with E-state index in [1.807, 2.05) is 44.2 Å². The molecule has 2 aliphatic carbocycles. The van der Waals surface area contributed by atoms with E-state index in [1.54, 1.807) is 12.1 Å². The molecule has 4 aliphatic rings. The molecule has 1 amide bonds. The molecule has 1 N–H and O–H groups in total. The van der Waals surface area contributed by atoms with Crippen LogP contribution in [0.1, 0.15) is 71.6 Å². The molecule has 34 heavy (non-hydrogen) atoms. The van der Waals surface area contributed by atoms with Crippen molar-refractivity contribution in [3.8, 4) is 0 Å². The largest absolute Gasteiger partial charge is 0.343 e. The van der Waals surface area contributed by atoms with E-state index < -0.39 is 9.84 Å². The molecule has 0 spiro atoms. The number of nitrogens with one attached hydrogen (secondary N) is 1. The molecule has 2 heterocycles. The number of benzene rings is 2. The Balaban J connectivity index is 1.50. The summed E-state index contributed by atoms with van der Waals surface area (Å²) < 4.78 is 25.6. The first-order chi connectivity index (χ1) is 16.2. The summed E-state index contributed by atoms with van der Waals surface area (Å²) in [6.07, 6.45) is 6.45. The van der Waals surface area contributed by atoms with Gasteiger partial charge in [-0.05, 0) is 100 Å². The monoisotopic (exact) mass is 480 g/mol. The third-order valence-corrected chi connectivity index (χ3v) is 10.4. The maximum atomic E-state index is 13.6. The van der Waals surface area contributed by atoms with E-state index in [2.05, 4.69) is 17.3 Å². The molecule has 2 aromatic carbocycles. The van der Waals surface area contributed by atoms with Gasteiger partial charge in [-0.1, -0.05) is 30.3 Å². The minimum Gasteiger partial charge on any atom is -0.343 e. The lowest BCUT2D eigenvalue weighted by Crippen LogP contribution is -2.62. The van der Waals surface area contributed by atoms with Gasteiger partial charge in [0.2, 0.25) is 0 Å². The van der Waals surface area contributed by atoms with Crippen LogP contribution in [0, 0.1) is 25.7 Å². The second kappa shape index (κ2) is 8.80. The van der Waals surface area contributed by atoms with Gasteiger partial charge in [-0.3, -0.25) is 9.69 Å². The summed E-state index contributed by atoms with van der Waals surface area (Å²) in [4.78, 5) is 16.5. The van der Waals surface area contributed by atoms with Gasteiger partial charge in [-0.25, -0.2) is 8.42 Å². The highest BCUT2D eigenvalue weighted by Gasteiger charge is 2.50. The first kappa shape index (κ1) is 23.6. The normalized spacial score (nSPS) is 25.8. The molecule has 2 saturated carbocycles. The summed E-state index contributed by atoms with van der Waals surface area (Å²) in [5.74, 6) is 1.24. The molecule has 182 valence electrons. The Labute approximate surface area is 203 Å².